The predicted octanol–water partition coefficient (Wildman–Crippen LogP) is 4.90. The van der Waals surface area contributed by atoms with Crippen LogP contribution in [0.1, 0.15) is 120 Å². The summed E-state index contributed by atoms with van der Waals surface area (Å²) in [7, 11) is 0. The number of hydrogen-bond acceptors (Lipinski definition) is 7. The molecule has 0 aliphatic heterocycles. The second-order valence-electron chi connectivity index (χ2n) is 9.68. The second kappa shape index (κ2) is 30.8. The van der Waals surface area contributed by atoms with E-state index in [2.05, 4.69) is 0 Å². The molecular formula is C28H58O7Ti. The van der Waals surface area contributed by atoms with Gasteiger partial charge < -0.3 is 20.4 Å². The molecule has 4 N–H and O–H groups in total. The van der Waals surface area contributed by atoms with E-state index >= 15 is 0 Å². The number of carbonyl (C=O) groups excluding carboxylic acids is 3. The first-order valence-electron chi connectivity index (χ1n) is 13.4. The molecule has 0 rings (SSSR count). The zero-order chi connectivity index (χ0) is 28.4. The minimum atomic E-state index is -0.500. The third-order valence-electron chi connectivity index (χ3n) is 4.99. The van der Waals surface area contributed by atoms with Gasteiger partial charge in [-0.3, -0.25) is 14.4 Å². The summed E-state index contributed by atoms with van der Waals surface area (Å²) in [5, 5.41) is 34.6. The summed E-state index contributed by atoms with van der Waals surface area (Å²) in [5.74, 6) is 0.271. The molecule has 0 saturated carbocycles. The van der Waals surface area contributed by atoms with Crippen molar-refractivity contribution in [3.05, 3.63) is 0 Å². The Morgan fingerprint density at radius 3 is 0.806 bits per heavy atom. The molecule has 0 aromatic heterocycles. The van der Waals surface area contributed by atoms with Crippen LogP contribution in [0.2, 0.25) is 0 Å². The van der Waals surface area contributed by atoms with Crippen LogP contribution in [0.3, 0.4) is 0 Å². The summed E-state index contributed by atoms with van der Waals surface area (Å²) in [6, 6.07) is 0. The largest absolute Gasteiger partial charge is 0.396 e. The maximum atomic E-state index is 11.0. The van der Waals surface area contributed by atoms with Crippen LogP contribution in [0.5, 0.6) is 0 Å². The minimum Gasteiger partial charge on any atom is -0.396 e. The van der Waals surface area contributed by atoms with Crippen molar-refractivity contribution >= 4 is 17.3 Å². The molecule has 36 heavy (non-hydrogen) atoms. The molecule has 0 bridgehead atoms. The number of aliphatic hydroxyl groups excluding tert-OH is 3. The number of ketones is 3. The molecule has 0 spiro atoms. The van der Waals surface area contributed by atoms with Crippen molar-refractivity contribution in [1.82, 2.24) is 0 Å². The van der Waals surface area contributed by atoms with E-state index in [0.717, 1.165) is 38.5 Å². The number of rotatable bonds is 15. The van der Waals surface area contributed by atoms with E-state index in [9.17, 15) is 14.4 Å². The first-order valence-corrected chi connectivity index (χ1v) is 13.4. The van der Waals surface area contributed by atoms with E-state index in [-0.39, 0.29) is 76.6 Å². The van der Waals surface area contributed by atoms with Crippen molar-refractivity contribution in [2.45, 2.75) is 126 Å². The molecule has 7 nitrogen and oxygen atoms in total. The molecule has 8 heteroatoms. The number of aliphatic hydroxyl groups is 4. The predicted molar refractivity (Wildman–Crippen MR) is 144 cm³/mol. The number of hydrogen-bond donors (Lipinski definition) is 4. The molecule has 0 aliphatic rings. The average Bonchev–Trinajstić information content (AvgIpc) is 2.77. The Morgan fingerprint density at radius 2 is 0.722 bits per heavy atom. The maximum absolute atomic E-state index is 11.0. The summed E-state index contributed by atoms with van der Waals surface area (Å²) >= 11 is 0. The van der Waals surface area contributed by atoms with Gasteiger partial charge in [0.1, 0.15) is 17.3 Å². The molecule has 0 aromatic carbocycles. The van der Waals surface area contributed by atoms with Crippen LogP contribution >= 0.6 is 0 Å². The monoisotopic (exact) mass is 554 g/mol. The van der Waals surface area contributed by atoms with Crippen LogP contribution in [0.15, 0.2) is 0 Å². The Labute approximate surface area is 236 Å². The molecular weight excluding hydrogens is 496 g/mol. The van der Waals surface area contributed by atoms with E-state index < -0.39 is 5.60 Å². The summed E-state index contributed by atoms with van der Waals surface area (Å²) < 4.78 is 0. The summed E-state index contributed by atoms with van der Waals surface area (Å²) in [5.41, 5.74) is -0.500. The van der Waals surface area contributed by atoms with E-state index in [1.807, 2.05) is 41.5 Å². The third-order valence-corrected chi connectivity index (χ3v) is 4.99. The Hall–Kier alpha value is -0.436. The molecule has 0 amide bonds. The first kappa shape index (κ1) is 45.5. The van der Waals surface area contributed by atoms with Crippen molar-refractivity contribution in [3.63, 3.8) is 0 Å². The molecule has 3 atom stereocenters. The van der Waals surface area contributed by atoms with Crippen molar-refractivity contribution < 1.29 is 56.5 Å². The molecule has 0 aromatic rings. The Kier molecular flexibility index (Phi) is 38.9. The van der Waals surface area contributed by atoms with Crippen LogP contribution in [0.25, 0.3) is 0 Å². The van der Waals surface area contributed by atoms with Gasteiger partial charge in [0.15, 0.2) is 0 Å². The van der Waals surface area contributed by atoms with Crippen molar-refractivity contribution in [2.75, 3.05) is 19.8 Å². The van der Waals surface area contributed by atoms with Gasteiger partial charge in [0.25, 0.3) is 0 Å². The second-order valence-corrected chi connectivity index (χ2v) is 9.68. The van der Waals surface area contributed by atoms with Crippen LogP contribution in [0.4, 0.5) is 0 Å². The maximum Gasteiger partial charge on any atom is 0.138 e. The average molecular weight is 555 g/mol. The van der Waals surface area contributed by atoms with E-state index in [0.29, 0.717) is 19.3 Å². The molecule has 0 aliphatic carbocycles. The van der Waals surface area contributed by atoms with Gasteiger partial charge in [0.2, 0.25) is 0 Å². The zero-order valence-corrected chi connectivity index (χ0v) is 26.3. The van der Waals surface area contributed by atoms with Crippen LogP contribution in [-0.2, 0) is 36.1 Å². The molecule has 0 radical (unpaired) electrons. The number of carbonyl (C=O) groups is 3. The zero-order valence-electron chi connectivity index (χ0n) is 24.7. The number of Topliss-reactive ketones (excluding diaryl/α,β-unsaturated/α-hetero) is 3. The first-order chi connectivity index (χ1) is 16.3. The van der Waals surface area contributed by atoms with E-state index in [1.165, 1.54) is 0 Å². The topological polar surface area (TPSA) is 132 Å². The van der Waals surface area contributed by atoms with Gasteiger partial charge in [0.05, 0.1) is 25.4 Å². The Morgan fingerprint density at radius 1 is 0.556 bits per heavy atom. The van der Waals surface area contributed by atoms with Crippen LogP contribution < -0.4 is 0 Å². The normalized spacial score (nSPS) is 12.6. The van der Waals surface area contributed by atoms with Gasteiger partial charge in [-0.2, -0.15) is 0 Å². The van der Waals surface area contributed by atoms with Gasteiger partial charge >= 0.3 is 0 Å². The van der Waals surface area contributed by atoms with Crippen molar-refractivity contribution in [2.24, 2.45) is 17.8 Å². The molecule has 0 fully saturated rings. The van der Waals surface area contributed by atoms with Gasteiger partial charge in [-0.15, -0.1) is 0 Å². The van der Waals surface area contributed by atoms with Gasteiger partial charge in [-0.1, -0.05) is 41.5 Å². The van der Waals surface area contributed by atoms with Crippen molar-refractivity contribution in [1.29, 1.82) is 0 Å². The smallest absolute Gasteiger partial charge is 0.138 e. The van der Waals surface area contributed by atoms with Gasteiger partial charge in [-0.25, -0.2) is 0 Å². The van der Waals surface area contributed by atoms with Crippen molar-refractivity contribution in [3.8, 4) is 0 Å². The fourth-order valence-corrected chi connectivity index (χ4v) is 2.73. The molecule has 216 valence electrons. The molecule has 3 unspecified atom stereocenters. The summed E-state index contributed by atoms with van der Waals surface area (Å²) in [6.07, 6.45) is 6.76. The minimum absolute atomic E-state index is 0. The quantitative estimate of drug-likeness (QED) is 0.212. The third kappa shape index (κ3) is 33.6. The summed E-state index contributed by atoms with van der Waals surface area (Å²) in [4.78, 5) is 33.1. The van der Waals surface area contributed by atoms with Crippen LogP contribution in [0, 0.1) is 17.8 Å². The fourth-order valence-electron chi connectivity index (χ4n) is 2.73. The van der Waals surface area contributed by atoms with Gasteiger partial charge in [0, 0.05) is 58.7 Å². The van der Waals surface area contributed by atoms with Gasteiger partial charge in [-0.05, 0) is 59.3 Å². The molecule has 0 saturated heterocycles. The standard InChI is InChI=1S/3C8H16O2.C4H10O.Ti/c3*1-3-5-8(10)7(4-2)6-9;1-4(2,3)5;/h3*7,9H,3-6H2,1-2H3;5H,1-3H3;. The van der Waals surface area contributed by atoms with E-state index in [1.54, 1.807) is 20.8 Å². The Bertz CT molecular complexity index is 425. The Balaban J connectivity index is -0.000000121. The summed E-state index contributed by atoms with van der Waals surface area (Å²) in [6.45, 7) is 17.0. The van der Waals surface area contributed by atoms with E-state index in [4.69, 9.17) is 20.4 Å². The SMILES string of the molecule is CC(C)(C)O.CCCC(=O)C(CC)CO.CCCC(=O)C(CC)CO.CCCC(=O)C(CC)CO.[Ti]. The molecule has 0 heterocycles. The fraction of sp³-hybridized carbons (Fsp3) is 0.893. The van der Waals surface area contributed by atoms with Crippen LogP contribution in [-0.4, -0.2) is 63.2 Å².